The van der Waals surface area contributed by atoms with Crippen molar-refractivity contribution in [2.75, 3.05) is 21.3 Å². The van der Waals surface area contributed by atoms with E-state index < -0.39 is 11.9 Å². The minimum atomic E-state index is -0.903. The molecule has 1 N–H and O–H groups in total. The molecule has 0 spiro atoms. The summed E-state index contributed by atoms with van der Waals surface area (Å²) in [4.78, 5) is 10.9. The predicted octanol–water partition coefficient (Wildman–Crippen LogP) is 1.90. The van der Waals surface area contributed by atoms with Crippen molar-refractivity contribution >= 4 is 5.97 Å². The van der Waals surface area contributed by atoms with Gasteiger partial charge in [-0.2, -0.15) is 0 Å². The number of benzene rings is 1. The van der Waals surface area contributed by atoms with Gasteiger partial charge in [-0.25, -0.2) is 0 Å². The van der Waals surface area contributed by atoms with E-state index in [0.29, 0.717) is 22.8 Å². The van der Waals surface area contributed by atoms with E-state index >= 15 is 0 Å². The van der Waals surface area contributed by atoms with Crippen molar-refractivity contribution in [3.8, 4) is 17.2 Å². The Hall–Kier alpha value is -1.91. The van der Waals surface area contributed by atoms with Crippen LogP contribution >= 0.6 is 0 Å². The van der Waals surface area contributed by atoms with Gasteiger partial charge < -0.3 is 19.3 Å². The zero-order valence-electron chi connectivity index (χ0n) is 10.3. The van der Waals surface area contributed by atoms with Crippen LogP contribution in [0.1, 0.15) is 18.4 Å². The number of ether oxygens (including phenoxy) is 3. The Morgan fingerprint density at radius 1 is 1.12 bits per heavy atom. The summed E-state index contributed by atoms with van der Waals surface area (Å²) in [6, 6.07) is 3.28. The van der Waals surface area contributed by atoms with Gasteiger partial charge in [-0.1, -0.05) is 0 Å². The van der Waals surface area contributed by atoms with E-state index in [1.807, 2.05) is 0 Å². The predicted molar refractivity (Wildman–Crippen MR) is 62.1 cm³/mol. The monoisotopic (exact) mass is 240 g/mol. The van der Waals surface area contributed by atoms with E-state index in [2.05, 4.69) is 0 Å². The molecule has 1 aromatic rings. The highest BCUT2D eigenvalue weighted by atomic mass is 16.5. The zero-order valence-corrected chi connectivity index (χ0v) is 10.3. The molecule has 0 radical (unpaired) electrons. The average Bonchev–Trinajstić information content (AvgIpc) is 2.35. The van der Waals surface area contributed by atoms with Crippen LogP contribution < -0.4 is 14.2 Å². The summed E-state index contributed by atoms with van der Waals surface area (Å²) < 4.78 is 15.5. The molecule has 0 bridgehead atoms. The summed E-state index contributed by atoms with van der Waals surface area (Å²) in [5.41, 5.74) is 0.604. The van der Waals surface area contributed by atoms with Gasteiger partial charge in [-0.15, -0.1) is 0 Å². The quantitative estimate of drug-likeness (QED) is 0.851. The molecule has 17 heavy (non-hydrogen) atoms. The molecule has 0 aliphatic heterocycles. The molecule has 0 aromatic heterocycles. The number of carbonyl (C=O) groups is 1. The zero-order chi connectivity index (χ0) is 13.0. The highest BCUT2D eigenvalue weighted by Crippen LogP contribution is 2.39. The Kier molecular flexibility index (Phi) is 4.20. The lowest BCUT2D eigenvalue weighted by Crippen LogP contribution is -2.08. The Morgan fingerprint density at radius 2 is 1.59 bits per heavy atom. The lowest BCUT2D eigenvalue weighted by molar-refractivity contribution is -0.138. The van der Waals surface area contributed by atoms with Gasteiger partial charge in [0.2, 0.25) is 5.75 Å². The molecule has 0 aliphatic carbocycles. The molecular weight excluding hydrogens is 224 g/mol. The lowest BCUT2D eigenvalue weighted by Gasteiger charge is -2.15. The first-order valence-corrected chi connectivity index (χ1v) is 5.07. The maximum atomic E-state index is 10.9. The van der Waals surface area contributed by atoms with Crippen LogP contribution in [0.5, 0.6) is 17.2 Å². The minimum absolute atomic E-state index is 0.454. The Bertz CT molecular complexity index is 388. The van der Waals surface area contributed by atoms with Gasteiger partial charge >= 0.3 is 5.97 Å². The Balaban J connectivity index is 3.31. The average molecular weight is 240 g/mol. The maximum Gasteiger partial charge on any atom is 0.310 e. The summed E-state index contributed by atoms with van der Waals surface area (Å²) in [6.45, 7) is 1.60. The van der Waals surface area contributed by atoms with Crippen molar-refractivity contribution in [1.29, 1.82) is 0 Å². The highest BCUT2D eigenvalue weighted by molar-refractivity contribution is 5.76. The number of carboxylic acid groups (broad SMARTS) is 1. The van der Waals surface area contributed by atoms with E-state index in [0.717, 1.165) is 0 Å². The third kappa shape index (κ3) is 2.61. The van der Waals surface area contributed by atoms with Gasteiger partial charge in [-0.05, 0) is 24.6 Å². The molecule has 1 rings (SSSR count). The summed E-state index contributed by atoms with van der Waals surface area (Å²) >= 11 is 0. The molecular formula is C12H16O5. The van der Waals surface area contributed by atoms with Crippen molar-refractivity contribution in [1.82, 2.24) is 0 Å². The van der Waals surface area contributed by atoms with E-state index in [1.165, 1.54) is 21.3 Å². The fourth-order valence-electron chi connectivity index (χ4n) is 1.49. The van der Waals surface area contributed by atoms with Crippen molar-refractivity contribution in [2.45, 2.75) is 12.8 Å². The van der Waals surface area contributed by atoms with Crippen molar-refractivity contribution < 1.29 is 24.1 Å². The normalized spacial score (nSPS) is 11.8. The highest BCUT2D eigenvalue weighted by Gasteiger charge is 2.19. The molecule has 0 heterocycles. The van der Waals surface area contributed by atoms with Crippen LogP contribution in [0.4, 0.5) is 0 Å². The molecule has 0 aliphatic rings. The summed E-state index contributed by atoms with van der Waals surface area (Å²) in [7, 11) is 4.49. The van der Waals surface area contributed by atoms with Crippen LogP contribution in [0.15, 0.2) is 12.1 Å². The molecule has 0 saturated carbocycles. The first kappa shape index (κ1) is 13.2. The van der Waals surface area contributed by atoms with Gasteiger partial charge in [0.15, 0.2) is 11.5 Å². The largest absolute Gasteiger partial charge is 0.493 e. The van der Waals surface area contributed by atoms with E-state index in [4.69, 9.17) is 19.3 Å². The molecule has 1 atom stereocenters. The van der Waals surface area contributed by atoms with Crippen LogP contribution in [0.25, 0.3) is 0 Å². The van der Waals surface area contributed by atoms with Crippen molar-refractivity contribution in [3.05, 3.63) is 17.7 Å². The second-order valence-electron chi connectivity index (χ2n) is 3.52. The molecule has 5 heteroatoms. The van der Waals surface area contributed by atoms with Gasteiger partial charge in [0.05, 0.1) is 27.2 Å². The van der Waals surface area contributed by atoms with Crippen molar-refractivity contribution in [3.63, 3.8) is 0 Å². The van der Waals surface area contributed by atoms with Gasteiger partial charge in [-0.3, -0.25) is 4.79 Å². The van der Waals surface area contributed by atoms with Crippen LogP contribution in [0.2, 0.25) is 0 Å². The number of hydrogen-bond donors (Lipinski definition) is 1. The van der Waals surface area contributed by atoms with Crippen LogP contribution in [0, 0.1) is 0 Å². The SMILES string of the molecule is COc1cc([C@@H](C)C(=O)O)cc(OC)c1OC. The molecule has 94 valence electrons. The number of methoxy groups -OCH3 is 3. The van der Waals surface area contributed by atoms with Crippen LogP contribution in [0.3, 0.4) is 0 Å². The number of hydrogen-bond acceptors (Lipinski definition) is 4. The van der Waals surface area contributed by atoms with Crippen LogP contribution in [-0.2, 0) is 4.79 Å². The fourth-order valence-corrected chi connectivity index (χ4v) is 1.49. The van der Waals surface area contributed by atoms with Crippen LogP contribution in [-0.4, -0.2) is 32.4 Å². The van der Waals surface area contributed by atoms with Crippen molar-refractivity contribution in [2.24, 2.45) is 0 Å². The molecule has 0 fully saturated rings. The van der Waals surface area contributed by atoms with Gasteiger partial charge in [0.25, 0.3) is 0 Å². The molecule has 0 saturated heterocycles. The number of rotatable bonds is 5. The summed E-state index contributed by atoms with van der Waals surface area (Å²) in [5, 5.41) is 8.98. The topological polar surface area (TPSA) is 65.0 Å². The van der Waals surface area contributed by atoms with Gasteiger partial charge in [0, 0.05) is 0 Å². The fraction of sp³-hybridized carbons (Fsp3) is 0.417. The van der Waals surface area contributed by atoms with E-state index in [1.54, 1.807) is 19.1 Å². The second kappa shape index (κ2) is 5.43. The summed E-state index contributed by atoms with van der Waals surface area (Å²) in [5.74, 6) is -0.177. The second-order valence-corrected chi connectivity index (χ2v) is 3.52. The molecule has 0 amide bonds. The molecule has 1 aromatic carbocycles. The summed E-state index contributed by atoms with van der Waals surface area (Å²) in [6.07, 6.45) is 0. The number of aliphatic carboxylic acids is 1. The van der Waals surface area contributed by atoms with E-state index in [9.17, 15) is 4.79 Å². The first-order valence-electron chi connectivity index (χ1n) is 5.07. The number of carboxylic acids is 1. The smallest absolute Gasteiger partial charge is 0.310 e. The Morgan fingerprint density at radius 3 is 1.88 bits per heavy atom. The lowest BCUT2D eigenvalue weighted by atomic mass is 10.0. The third-order valence-electron chi connectivity index (χ3n) is 2.56. The van der Waals surface area contributed by atoms with E-state index in [-0.39, 0.29) is 0 Å². The molecule has 0 unspecified atom stereocenters. The van der Waals surface area contributed by atoms with Gasteiger partial charge in [0.1, 0.15) is 0 Å². The maximum absolute atomic E-state index is 10.9. The third-order valence-corrected chi connectivity index (χ3v) is 2.56. The standard InChI is InChI=1S/C12H16O5/c1-7(12(13)14)8-5-9(15-2)11(17-4)10(6-8)16-3/h5-7H,1-4H3,(H,13,14)/t7-/m1/s1. The Labute approximate surface area is 99.9 Å². The first-order chi connectivity index (χ1) is 8.04. The molecule has 5 nitrogen and oxygen atoms in total. The minimum Gasteiger partial charge on any atom is -0.493 e.